The lowest BCUT2D eigenvalue weighted by atomic mass is 10.2. The van der Waals surface area contributed by atoms with E-state index in [9.17, 15) is 8.42 Å². The summed E-state index contributed by atoms with van der Waals surface area (Å²) in [6.45, 7) is 0.138. The van der Waals surface area contributed by atoms with Crippen LogP contribution < -0.4 is 4.72 Å². The molecule has 0 amide bonds. The standard InChI is InChI=1S/C14H11ClN2O2S/c15-13-7-5-11(6-8-13)10-17-20(18,19)14-4-2-1-3-12(14)9-16/h1-8,17H,10H2. The van der Waals surface area contributed by atoms with Crippen LogP contribution in [-0.4, -0.2) is 8.42 Å². The number of nitrogens with one attached hydrogen (secondary N) is 1. The topological polar surface area (TPSA) is 70.0 Å². The van der Waals surface area contributed by atoms with Gasteiger partial charge in [-0.05, 0) is 29.8 Å². The molecule has 0 aromatic heterocycles. The van der Waals surface area contributed by atoms with Crippen molar-refractivity contribution in [1.82, 2.24) is 4.72 Å². The van der Waals surface area contributed by atoms with E-state index in [0.717, 1.165) is 5.56 Å². The Morgan fingerprint density at radius 1 is 1.10 bits per heavy atom. The van der Waals surface area contributed by atoms with Gasteiger partial charge in [-0.2, -0.15) is 5.26 Å². The number of nitrogens with zero attached hydrogens (tertiary/aromatic N) is 1. The molecule has 0 aliphatic carbocycles. The summed E-state index contributed by atoms with van der Waals surface area (Å²) in [6, 6.07) is 14.8. The van der Waals surface area contributed by atoms with Crippen LogP contribution in [0.1, 0.15) is 11.1 Å². The smallest absolute Gasteiger partial charge is 0.207 e. The van der Waals surface area contributed by atoms with E-state index in [0.29, 0.717) is 5.02 Å². The molecule has 0 aliphatic rings. The van der Waals surface area contributed by atoms with Crippen molar-refractivity contribution in [3.05, 3.63) is 64.7 Å². The van der Waals surface area contributed by atoms with Crippen LogP contribution in [0.5, 0.6) is 0 Å². The number of rotatable bonds is 4. The van der Waals surface area contributed by atoms with Gasteiger partial charge < -0.3 is 0 Å². The van der Waals surface area contributed by atoms with E-state index in [4.69, 9.17) is 16.9 Å². The molecule has 4 nitrogen and oxygen atoms in total. The number of hydrogen-bond donors (Lipinski definition) is 1. The van der Waals surface area contributed by atoms with E-state index in [1.807, 2.05) is 6.07 Å². The molecule has 0 heterocycles. The van der Waals surface area contributed by atoms with Crippen LogP contribution in [0.15, 0.2) is 53.4 Å². The first kappa shape index (κ1) is 14.5. The van der Waals surface area contributed by atoms with Gasteiger partial charge in [0.25, 0.3) is 0 Å². The van der Waals surface area contributed by atoms with Gasteiger partial charge in [0, 0.05) is 11.6 Å². The van der Waals surface area contributed by atoms with Gasteiger partial charge >= 0.3 is 0 Å². The predicted octanol–water partition coefficient (Wildman–Crippen LogP) is 2.69. The third kappa shape index (κ3) is 3.36. The first-order valence-electron chi connectivity index (χ1n) is 5.76. The van der Waals surface area contributed by atoms with Gasteiger partial charge in [0.2, 0.25) is 10.0 Å². The lowest BCUT2D eigenvalue weighted by molar-refractivity contribution is 0.581. The SMILES string of the molecule is N#Cc1ccccc1S(=O)(=O)NCc1ccc(Cl)cc1. The molecule has 0 atom stereocenters. The molecule has 20 heavy (non-hydrogen) atoms. The molecule has 6 heteroatoms. The van der Waals surface area contributed by atoms with Crippen LogP contribution in [-0.2, 0) is 16.6 Å². The minimum absolute atomic E-state index is 0.0172. The fraction of sp³-hybridized carbons (Fsp3) is 0.0714. The highest BCUT2D eigenvalue weighted by atomic mass is 35.5. The van der Waals surface area contributed by atoms with Crippen LogP contribution in [0.4, 0.5) is 0 Å². The maximum Gasteiger partial charge on any atom is 0.242 e. The molecule has 0 fully saturated rings. The molecule has 0 spiro atoms. The third-order valence-electron chi connectivity index (χ3n) is 2.68. The Balaban J connectivity index is 2.20. The van der Waals surface area contributed by atoms with Crippen LogP contribution in [0.3, 0.4) is 0 Å². The first-order valence-corrected chi connectivity index (χ1v) is 7.62. The Hall–Kier alpha value is -1.87. The molecular formula is C14H11ClN2O2S. The van der Waals surface area contributed by atoms with Crippen molar-refractivity contribution >= 4 is 21.6 Å². The molecule has 0 saturated heterocycles. The first-order chi connectivity index (χ1) is 9.53. The summed E-state index contributed by atoms with van der Waals surface area (Å²) in [5, 5.41) is 9.53. The minimum Gasteiger partial charge on any atom is -0.207 e. The molecule has 102 valence electrons. The van der Waals surface area contributed by atoms with Crippen molar-refractivity contribution in [2.24, 2.45) is 0 Å². The quantitative estimate of drug-likeness (QED) is 0.944. The Morgan fingerprint density at radius 3 is 2.40 bits per heavy atom. The van der Waals surface area contributed by atoms with Gasteiger partial charge in [-0.25, -0.2) is 13.1 Å². The second-order valence-electron chi connectivity index (χ2n) is 4.06. The van der Waals surface area contributed by atoms with Crippen LogP contribution >= 0.6 is 11.6 Å². The van der Waals surface area contributed by atoms with Crippen molar-refractivity contribution in [2.75, 3.05) is 0 Å². The zero-order valence-corrected chi connectivity index (χ0v) is 11.9. The van der Waals surface area contributed by atoms with Crippen molar-refractivity contribution in [2.45, 2.75) is 11.4 Å². The summed E-state index contributed by atoms with van der Waals surface area (Å²) in [5.41, 5.74) is 0.906. The molecule has 0 saturated carbocycles. The highest BCUT2D eigenvalue weighted by Crippen LogP contribution is 2.15. The monoisotopic (exact) mass is 306 g/mol. The maximum atomic E-state index is 12.2. The van der Waals surface area contributed by atoms with Gasteiger partial charge in [0.15, 0.2) is 0 Å². The van der Waals surface area contributed by atoms with Crippen LogP contribution in [0.25, 0.3) is 0 Å². The van der Waals surface area contributed by atoms with Crippen LogP contribution in [0.2, 0.25) is 5.02 Å². The third-order valence-corrected chi connectivity index (χ3v) is 4.39. The summed E-state index contributed by atoms with van der Waals surface area (Å²) >= 11 is 5.76. The fourth-order valence-electron chi connectivity index (χ4n) is 1.65. The Labute approximate surface area is 122 Å². The molecule has 0 bridgehead atoms. The van der Waals surface area contributed by atoms with Crippen molar-refractivity contribution in [3.8, 4) is 6.07 Å². The van der Waals surface area contributed by atoms with E-state index in [1.54, 1.807) is 36.4 Å². The lowest BCUT2D eigenvalue weighted by Gasteiger charge is -2.08. The average molecular weight is 307 g/mol. The molecule has 0 unspecified atom stereocenters. The predicted molar refractivity (Wildman–Crippen MR) is 76.6 cm³/mol. The Bertz CT molecular complexity index is 749. The van der Waals surface area contributed by atoms with Crippen molar-refractivity contribution in [1.29, 1.82) is 5.26 Å². The average Bonchev–Trinajstić information content (AvgIpc) is 2.46. The van der Waals surface area contributed by atoms with Crippen molar-refractivity contribution < 1.29 is 8.42 Å². The summed E-state index contributed by atoms with van der Waals surface area (Å²) in [7, 11) is -3.72. The van der Waals surface area contributed by atoms with E-state index >= 15 is 0 Å². The van der Waals surface area contributed by atoms with Gasteiger partial charge in [0.05, 0.1) is 10.5 Å². The number of nitriles is 1. The van der Waals surface area contributed by atoms with Gasteiger partial charge in [0.1, 0.15) is 6.07 Å². The normalized spacial score (nSPS) is 11.0. The second-order valence-corrected chi connectivity index (χ2v) is 6.23. The maximum absolute atomic E-state index is 12.2. The summed E-state index contributed by atoms with van der Waals surface area (Å²) in [4.78, 5) is -0.0172. The number of sulfonamides is 1. The second kappa shape index (κ2) is 6.06. The minimum atomic E-state index is -3.72. The summed E-state index contributed by atoms with van der Waals surface area (Å²) < 4.78 is 26.8. The molecule has 2 aromatic carbocycles. The molecule has 1 N–H and O–H groups in total. The van der Waals surface area contributed by atoms with Crippen molar-refractivity contribution in [3.63, 3.8) is 0 Å². The summed E-state index contributed by atoms with van der Waals surface area (Å²) in [6.07, 6.45) is 0. The number of hydrogen-bond acceptors (Lipinski definition) is 3. The molecular weight excluding hydrogens is 296 g/mol. The molecule has 2 aromatic rings. The fourth-order valence-corrected chi connectivity index (χ4v) is 2.95. The Morgan fingerprint density at radius 2 is 1.75 bits per heavy atom. The van der Waals surface area contributed by atoms with E-state index in [-0.39, 0.29) is 17.0 Å². The zero-order chi connectivity index (χ0) is 14.6. The summed E-state index contributed by atoms with van der Waals surface area (Å²) in [5.74, 6) is 0. The van der Waals surface area contributed by atoms with E-state index in [1.165, 1.54) is 12.1 Å². The zero-order valence-electron chi connectivity index (χ0n) is 10.4. The van der Waals surface area contributed by atoms with Crippen LogP contribution in [0, 0.1) is 11.3 Å². The van der Waals surface area contributed by atoms with Gasteiger partial charge in [-0.1, -0.05) is 35.9 Å². The lowest BCUT2D eigenvalue weighted by Crippen LogP contribution is -2.24. The van der Waals surface area contributed by atoms with Gasteiger partial charge in [-0.15, -0.1) is 0 Å². The van der Waals surface area contributed by atoms with E-state index in [2.05, 4.69) is 4.72 Å². The molecule has 0 radical (unpaired) electrons. The van der Waals surface area contributed by atoms with Gasteiger partial charge in [-0.3, -0.25) is 0 Å². The highest BCUT2D eigenvalue weighted by molar-refractivity contribution is 7.89. The largest absolute Gasteiger partial charge is 0.242 e. The number of benzene rings is 2. The molecule has 0 aliphatic heterocycles. The Kier molecular flexibility index (Phi) is 4.40. The van der Waals surface area contributed by atoms with E-state index < -0.39 is 10.0 Å². The number of halogens is 1. The molecule has 2 rings (SSSR count). The highest BCUT2D eigenvalue weighted by Gasteiger charge is 2.17.